The first kappa shape index (κ1) is 10.4. The summed E-state index contributed by atoms with van der Waals surface area (Å²) in [7, 11) is 0.869. The first-order valence-electron chi connectivity index (χ1n) is 3.10. The largest absolute Gasteiger partial charge is 0.319 e. The molecule has 1 aromatic heterocycles. The topological polar surface area (TPSA) is 52.0 Å². The van der Waals surface area contributed by atoms with E-state index in [2.05, 4.69) is 4.98 Å². The highest BCUT2D eigenvalue weighted by Gasteiger charge is 2.19. The van der Waals surface area contributed by atoms with Crippen molar-refractivity contribution in [2.45, 2.75) is 18.5 Å². The maximum Gasteiger partial charge on any atom is 0.319 e. The maximum atomic E-state index is 12.1. The lowest BCUT2D eigenvalue weighted by Crippen LogP contribution is -1.98. The first-order chi connectivity index (χ1) is 5.82. The molecule has 0 fully saturated rings. The molecular weight excluding hydrogens is 226 g/mol. The molecule has 0 aliphatic rings. The van der Waals surface area contributed by atoms with Crippen molar-refractivity contribution in [3.8, 4) is 0 Å². The van der Waals surface area contributed by atoms with E-state index in [9.17, 15) is 17.2 Å². The van der Waals surface area contributed by atoms with Crippen molar-refractivity contribution in [2.75, 3.05) is 0 Å². The second-order valence-electron chi connectivity index (χ2n) is 2.25. The van der Waals surface area contributed by atoms with Gasteiger partial charge in [-0.2, -0.15) is 8.78 Å². The number of hydrogen-bond acceptors (Lipinski definition) is 3. The zero-order chi connectivity index (χ0) is 10.2. The van der Waals surface area contributed by atoms with Crippen LogP contribution in [0.25, 0.3) is 0 Å². The van der Waals surface area contributed by atoms with Crippen molar-refractivity contribution in [1.82, 2.24) is 9.55 Å². The van der Waals surface area contributed by atoms with E-state index < -0.39 is 20.6 Å². The highest BCUT2D eigenvalue weighted by Crippen LogP contribution is 2.19. The third kappa shape index (κ3) is 2.16. The molecule has 0 bridgehead atoms. The van der Waals surface area contributed by atoms with Crippen molar-refractivity contribution in [1.29, 1.82) is 0 Å². The molecular formula is C5H5ClF2N2O2S. The minimum Gasteiger partial charge on any atom is -0.276 e. The van der Waals surface area contributed by atoms with Crippen LogP contribution in [-0.2, 0) is 9.05 Å². The van der Waals surface area contributed by atoms with Gasteiger partial charge in [-0.25, -0.2) is 13.4 Å². The van der Waals surface area contributed by atoms with Crippen LogP contribution < -0.4 is 0 Å². The van der Waals surface area contributed by atoms with E-state index in [-0.39, 0.29) is 5.82 Å². The van der Waals surface area contributed by atoms with Crippen LogP contribution in [0, 0.1) is 6.92 Å². The van der Waals surface area contributed by atoms with Gasteiger partial charge < -0.3 is 0 Å². The van der Waals surface area contributed by atoms with Crippen molar-refractivity contribution in [3.63, 3.8) is 0 Å². The number of rotatable bonds is 2. The summed E-state index contributed by atoms with van der Waals surface area (Å²) in [6, 6.07) is 0. The van der Waals surface area contributed by atoms with Crippen LogP contribution in [-0.4, -0.2) is 18.0 Å². The zero-order valence-corrected chi connectivity index (χ0v) is 7.98. The zero-order valence-electron chi connectivity index (χ0n) is 6.41. The molecule has 1 rings (SSSR count). The predicted octanol–water partition coefficient (Wildman–Crippen LogP) is 1.51. The molecule has 0 unspecified atom stereocenters. The number of hydrogen-bond donors (Lipinski definition) is 0. The highest BCUT2D eigenvalue weighted by molar-refractivity contribution is 8.13. The summed E-state index contributed by atoms with van der Waals surface area (Å²) in [5, 5.41) is -0.563. The molecule has 13 heavy (non-hydrogen) atoms. The molecule has 1 aromatic rings. The Bertz CT molecular complexity index is 414. The molecule has 1 heterocycles. The summed E-state index contributed by atoms with van der Waals surface area (Å²) in [5.74, 6) is -0.103. The molecule has 0 aliphatic carbocycles. The van der Waals surface area contributed by atoms with Gasteiger partial charge in [0.25, 0.3) is 9.05 Å². The molecule has 74 valence electrons. The van der Waals surface area contributed by atoms with E-state index >= 15 is 0 Å². The number of imidazole rings is 1. The Kier molecular flexibility index (Phi) is 2.58. The number of aromatic nitrogens is 2. The minimum absolute atomic E-state index is 0.103. The lowest BCUT2D eigenvalue weighted by molar-refractivity contribution is 0.0678. The molecule has 0 aliphatic heterocycles. The van der Waals surface area contributed by atoms with Crippen LogP contribution in [0.5, 0.6) is 0 Å². The van der Waals surface area contributed by atoms with Gasteiger partial charge in [0.15, 0.2) is 5.03 Å². The predicted molar refractivity (Wildman–Crippen MR) is 41.3 cm³/mol. The van der Waals surface area contributed by atoms with Crippen LogP contribution in [0.2, 0.25) is 0 Å². The summed E-state index contributed by atoms with van der Waals surface area (Å²) >= 11 is 0. The van der Waals surface area contributed by atoms with Gasteiger partial charge in [-0.15, -0.1) is 0 Å². The fourth-order valence-electron chi connectivity index (χ4n) is 0.774. The SMILES string of the molecule is Cc1nc(S(=O)(=O)Cl)cn1C(F)F. The standard InChI is InChI=1S/C5H5ClF2N2O2S/c1-3-9-4(13(6,11)12)2-10(3)5(7)8/h2,5H,1H3. The van der Waals surface area contributed by atoms with Crippen LogP contribution >= 0.6 is 10.7 Å². The Morgan fingerprint density at radius 1 is 1.62 bits per heavy atom. The lowest BCUT2D eigenvalue weighted by atomic mass is 10.7. The van der Waals surface area contributed by atoms with E-state index in [0.717, 1.165) is 0 Å². The van der Waals surface area contributed by atoms with Crippen molar-refractivity contribution in [2.24, 2.45) is 0 Å². The third-order valence-corrected chi connectivity index (χ3v) is 2.53. The average Bonchev–Trinajstić information content (AvgIpc) is 2.29. The van der Waals surface area contributed by atoms with Gasteiger partial charge in [0.2, 0.25) is 0 Å². The van der Waals surface area contributed by atoms with Crippen molar-refractivity contribution >= 4 is 19.7 Å². The minimum atomic E-state index is -4.03. The van der Waals surface area contributed by atoms with Crippen LogP contribution in [0.1, 0.15) is 12.4 Å². The Balaban J connectivity index is 3.25. The van der Waals surface area contributed by atoms with Crippen molar-refractivity contribution < 1.29 is 17.2 Å². The summed E-state index contributed by atoms with van der Waals surface area (Å²) < 4.78 is 46.0. The second-order valence-corrected chi connectivity index (χ2v) is 4.76. The number of aryl methyl sites for hydroxylation is 1. The molecule has 0 N–H and O–H groups in total. The third-order valence-electron chi connectivity index (χ3n) is 1.36. The first-order valence-corrected chi connectivity index (χ1v) is 5.41. The molecule has 0 radical (unpaired) electrons. The maximum absolute atomic E-state index is 12.1. The second kappa shape index (κ2) is 3.22. The average molecular weight is 231 g/mol. The van der Waals surface area contributed by atoms with Gasteiger partial charge in [0.05, 0.1) is 0 Å². The van der Waals surface area contributed by atoms with Gasteiger partial charge in [0.1, 0.15) is 5.82 Å². The van der Waals surface area contributed by atoms with E-state index in [0.29, 0.717) is 10.8 Å². The molecule has 0 saturated heterocycles. The number of alkyl halides is 2. The lowest BCUT2D eigenvalue weighted by Gasteiger charge is -1.99. The van der Waals surface area contributed by atoms with Gasteiger partial charge in [-0.1, -0.05) is 0 Å². The summed E-state index contributed by atoms with van der Waals surface area (Å²) in [6.07, 6.45) is 0.697. The Labute approximate surface area is 77.6 Å². The van der Waals surface area contributed by atoms with Gasteiger partial charge in [-0.3, -0.25) is 4.57 Å². The highest BCUT2D eigenvalue weighted by atomic mass is 35.7. The van der Waals surface area contributed by atoms with Crippen molar-refractivity contribution in [3.05, 3.63) is 12.0 Å². The number of halogens is 3. The molecule has 0 aromatic carbocycles. The van der Waals surface area contributed by atoms with E-state index in [1.165, 1.54) is 6.92 Å². The molecule has 0 amide bonds. The van der Waals surface area contributed by atoms with Crippen LogP contribution in [0.4, 0.5) is 8.78 Å². The molecule has 0 saturated carbocycles. The van der Waals surface area contributed by atoms with E-state index in [1.807, 2.05) is 0 Å². The van der Waals surface area contributed by atoms with Gasteiger partial charge in [0, 0.05) is 16.9 Å². The summed E-state index contributed by atoms with van der Waals surface area (Å²) in [5.41, 5.74) is 0. The van der Waals surface area contributed by atoms with Crippen LogP contribution in [0.3, 0.4) is 0 Å². The van der Waals surface area contributed by atoms with Gasteiger partial charge in [-0.05, 0) is 6.92 Å². The summed E-state index contributed by atoms with van der Waals surface area (Å²) in [6.45, 7) is -1.56. The molecule has 0 spiro atoms. The smallest absolute Gasteiger partial charge is 0.276 e. The molecule has 0 atom stereocenters. The van der Waals surface area contributed by atoms with E-state index in [1.54, 1.807) is 0 Å². The monoisotopic (exact) mass is 230 g/mol. The number of nitrogens with zero attached hydrogens (tertiary/aromatic N) is 2. The Morgan fingerprint density at radius 2 is 2.15 bits per heavy atom. The quantitative estimate of drug-likeness (QED) is 0.724. The Hall–Kier alpha value is -0.690. The molecule has 8 heteroatoms. The normalized spacial score (nSPS) is 12.4. The van der Waals surface area contributed by atoms with Crippen LogP contribution in [0.15, 0.2) is 11.2 Å². The fourth-order valence-corrected chi connectivity index (χ4v) is 1.48. The van der Waals surface area contributed by atoms with E-state index in [4.69, 9.17) is 10.7 Å². The van der Waals surface area contributed by atoms with Gasteiger partial charge >= 0.3 is 6.55 Å². The summed E-state index contributed by atoms with van der Waals surface area (Å²) in [4.78, 5) is 3.37. The molecule has 4 nitrogen and oxygen atoms in total. The fraction of sp³-hybridized carbons (Fsp3) is 0.400. The Morgan fingerprint density at radius 3 is 2.38 bits per heavy atom.